The third-order valence-corrected chi connectivity index (χ3v) is 4.76. The van der Waals surface area contributed by atoms with Gasteiger partial charge in [-0.05, 0) is 47.7 Å². The Bertz CT molecular complexity index is 1180. The number of benzene rings is 4. The van der Waals surface area contributed by atoms with Crippen molar-refractivity contribution >= 4 is 22.8 Å². The fourth-order valence-corrected chi connectivity index (χ4v) is 3.32. The second kappa shape index (κ2) is 9.10. The zero-order valence-electron chi connectivity index (χ0n) is 16.7. The van der Waals surface area contributed by atoms with Gasteiger partial charge in [0.1, 0.15) is 11.5 Å². The Morgan fingerprint density at radius 3 is 2.33 bits per heavy atom. The van der Waals surface area contributed by atoms with Gasteiger partial charge in [0.05, 0.1) is 6.61 Å². The largest absolute Gasteiger partial charge is 0.463 e. The van der Waals surface area contributed by atoms with Crippen LogP contribution in [0.25, 0.3) is 28.0 Å². The average Bonchev–Trinajstić information content (AvgIpc) is 2.79. The molecule has 0 aromatic heterocycles. The van der Waals surface area contributed by atoms with Crippen LogP contribution in [0.15, 0.2) is 97.1 Å². The van der Waals surface area contributed by atoms with E-state index < -0.39 is 0 Å². The third kappa shape index (κ3) is 4.41. The molecule has 3 heteroatoms. The topological polar surface area (TPSA) is 35.5 Å². The number of carbonyl (C=O) groups excluding carboxylic acids is 1. The molecule has 0 radical (unpaired) electrons. The van der Waals surface area contributed by atoms with E-state index >= 15 is 0 Å². The summed E-state index contributed by atoms with van der Waals surface area (Å²) in [6.45, 7) is 2.15. The number of rotatable bonds is 6. The highest BCUT2D eigenvalue weighted by molar-refractivity contribution is 5.95. The molecular weight excluding hydrogens is 372 g/mol. The summed E-state index contributed by atoms with van der Waals surface area (Å²) in [5, 5.41) is 2.19. The number of hydrogen-bond donors (Lipinski definition) is 0. The van der Waals surface area contributed by atoms with E-state index in [9.17, 15) is 4.79 Å². The predicted molar refractivity (Wildman–Crippen MR) is 122 cm³/mol. The molecule has 0 aliphatic carbocycles. The highest BCUT2D eigenvalue weighted by Crippen LogP contribution is 2.39. The number of esters is 1. The molecule has 0 saturated carbocycles. The second-order valence-corrected chi connectivity index (χ2v) is 6.79. The molecule has 4 aromatic carbocycles. The van der Waals surface area contributed by atoms with Crippen molar-refractivity contribution in [1.82, 2.24) is 0 Å². The Kier molecular flexibility index (Phi) is 5.90. The van der Waals surface area contributed by atoms with E-state index in [-0.39, 0.29) is 5.97 Å². The van der Waals surface area contributed by atoms with Crippen molar-refractivity contribution in [2.24, 2.45) is 0 Å². The molecule has 0 aliphatic rings. The van der Waals surface area contributed by atoms with Crippen molar-refractivity contribution < 1.29 is 14.3 Å². The van der Waals surface area contributed by atoms with Crippen LogP contribution in [0.4, 0.5) is 0 Å². The first-order valence-corrected chi connectivity index (χ1v) is 9.94. The molecule has 0 aliphatic heterocycles. The molecule has 148 valence electrons. The first-order chi connectivity index (χ1) is 14.7. The molecule has 0 amide bonds. The van der Waals surface area contributed by atoms with Crippen LogP contribution in [0.1, 0.15) is 12.5 Å². The Labute approximate surface area is 176 Å². The number of carbonyl (C=O) groups is 1. The lowest BCUT2D eigenvalue weighted by Crippen LogP contribution is -1.98. The lowest BCUT2D eigenvalue weighted by Gasteiger charge is -2.15. The molecule has 4 rings (SSSR count). The van der Waals surface area contributed by atoms with Gasteiger partial charge in [-0.2, -0.15) is 0 Å². The van der Waals surface area contributed by atoms with Crippen LogP contribution in [0.5, 0.6) is 11.5 Å². The fraction of sp³-hybridized carbons (Fsp3) is 0.0741. The SMILES string of the molecule is CCOC(=O)C=Cc1ccc(Oc2c(-c3ccccc3)ccc3ccccc23)cc1. The first kappa shape index (κ1) is 19.5. The molecule has 0 bridgehead atoms. The monoisotopic (exact) mass is 394 g/mol. The maximum absolute atomic E-state index is 11.5. The summed E-state index contributed by atoms with van der Waals surface area (Å²) >= 11 is 0. The standard InChI is InChI=1S/C27H22O3/c1-2-29-26(28)19-14-20-12-16-23(17-13-20)30-27-24-11-7-6-10-22(24)15-18-25(27)21-8-4-3-5-9-21/h3-19H,2H2,1H3. The minimum absolute atomic E-state index is 0.346. The van der Waals surface area contributed by atoms with E-state index in [4.69, 9.17) is 9.47 Å². The molecule has 0 heterocycles. The Morgan fingerprint density at radius 1 is 0.833 bits per heavy atom. The molecule has 30 heavy (non-hydrogen) atoms. The van der Waals surface area contributed by atoms with E-state index in [1.165, 1.54) is 6.08 Å². The average molecular weight is 394 g/mol. The van der Waals surface area contributed by atoms with Crippen LogP contribution in [-0.2, 0) is 9.53 Å². The molecule has 0 spiro atoms. The Balaban J connectivity index is 1.67. The van der Waals surface area contributed by atoms with Gasteiger partial charge in [-0.1, -0.05) is 72.8 Å². The highest BCUT2D eigenvalue weighted by atomic mass is 16.5. The molecule has 0 N–H and O–H groups in total. The first-order valence-electron chi connectivity index (χ1n) is 9.94. The van der Waals surface area contributed by atoms with Gasteiger partial charge in [-0.15, -0.1) is 0 Å². The second-order valence-electron chi connectivity index (χ2n) is 6.79. The van der Waals surface area contributed by atoms with Gasteiger partial charge < -0.3 is 9.47 Å². The molecular formula is C27H22O3. The van der Waals surface area contributed by atoms with Crippen molar-refractivity contribution in [2.45, 2.75) is 6.92 Å². The lowest BCUT2D eigenvalue weighted by atomic mass is 9.99. The molecule has 0 saturated heterocycles. The molecule has 0 fully saturated rings. The zero-order valence-corrected chi connectivity index (χ0v) is 16.7. The van der Waals surface area contributed by atoms with Crippen LogP contribution in [0.3, 0.4) is 0 Å². The molecule has 3 nitrogen and oxygen atoms in total. The van der Waals surface area contributed by atoms with E-state index in [2.05, 4.69) is 36.4 Å². The third-order valence-electron chi connectivity index (χ3n) is 4.76. The summed E-state index contributed by atoms with van der Waals surface area (Å²) in [5.74, 6) is 1.21. The van der Waals surface area contributed by atoms with Gasteiger partial charge in [0.25, 0.3) is 0 Å². The summed E-state index contributed by atoms with van der Waals surface area (Å²) in [6.07, 6.45) is 3.16. The van der Waals surface area contributed by atoms with Crippen molar-refractivity contribution in [1.29, 1.82) is 0 Å². The molecule has 0 unspecified atom stereocenters. The maximum Gasteiger partial charge on any atom is 0.330 e. The van der Waals surface area contributed by atoms with Crippen molar-refractivity contribution in [3.63, 3.8) is 0 Å². The number of hydrogen-bond acceptors (Lipinski definition) is 3. The van der Waals surface area contributed by atoms with Crippen LogP contribution in [0.2, 0.25) is 0 Å². The summed E-state index contributed by atoms with van der Waals surface area (Å²) < 4.78 is 11.3. The predicted octanol–water partition coefficient (Wildman–Crippen LogP) is 6.88. The van der Waals surface area contributed by atoms with E-state index in [1.807, 2.05) is 54.6 Å². The van der Waals surface area contributed by atoms with Crippen LogP contribution in [0, 0.1) is 0 Å². The van der Waals surface area contributed by atoms with Crippen molar-refractivity contribution in [3.8, 4) is 22.6 Å². The summed E-state index contributed by atoms with van der Waals surface area (Å²) in [7, 11) is 0. The van der Waals surface area contributed by atoms with Crippen molar-refractivity contribution in [2.75, 3.05) is 6.61 Å². The van der Waals surface area contributed by atoms with Gasteiger partial charge in [0.15, 0.2) is 0 Å². The van der Waals surface area contributed by atoms with Gasteiger partial charge in [0, 0.05) is 17.0 Å². The lowest BCUT2D eigenvalue weighted by molar-refractivity contribution is -0.137. The van der Waals surface area contributed by atoms with E-state index in [1.54, 1.807) is 13.0 Å². The van der Waals surface area contributed by atoms with Crippen molar-refractivity contribution in [3.05, 3.63) is 103 Å². The fourth-order valence-electron chi connectivity index (χ4n) is 3.32. The van der Waals surface area contributed by atoms with Gasteiger partial charge in [-0.3, -0.25) is 0 Å². The maximum atomic E-state index is 11.5. The smallest absolute Gasteiger partial charge is 0.330 e. The number of ether oxygens (including phenoxy) is 2. The molecule has 0 atom stereocenters. The highest BCUT2D eigenvalue weighted by Gasteiger charge is 2.12. The minimum Gasteiger partial charge on any atom is -0.463 e. The van der Waals surface area contributed by atoms with Gasteiger partial charge in [0.2, 0.25) is 0 Å². The normalized spacial score (nSPS) is 11.0. The van der Waals surface area contributed by atoms with Gasteiger partial charge >= 0.3 is 5.97 Å². The summed E-state index contributed by atoms with van der Waals surface area (Å²) in [4.78, 5) is 11.5. The minimum atomic E-state index is -0.346. The van der Waals surface area contributed by atoms with Crippen LogP contribution >= 0.6 is 0 Å². The zero-order chi connectivity index (χ0) is 20.8. The van der Waals surface area contributed by atoms with Crippen LogP contribution in [-0.4, -0.2) is 12.6 Å². The van der Waals surface area contributed by atoms with E-state index in [0.29, 0.717) is 6.61 Å². The molecule has 4 aromatic rings. The Morgan fingerprint density at radius 2 is 1.57 bits per heavy atom. The number of fused-ring (bicyclic) bond motifs is 1. The summed E-state index contributed by atoms with van der Waals surface area (Å²) in [5.41, 5.74) is 3.05. The quantitative estimate of drug-likeness (QED) is 0.264. The summed E-state index contributed by atoms with van der Waals surface area (Å²) in [6, 6.07) is 30.3. The van der Waals surface area contributed by atoms with Gasteiger partial charge in [-0.25, -0.2) is 4.79 Å². The van der Waals surface area contributed by atoms with Crippen LogP contribution < -0.4 is 4.74 Å². The Hall–Kier alpha value is -3.85. The van der Waals surface area contributed by atoms with E-state index in [0.717, 1.165) is 39.0 Å².